The Morgan fingerprint density at radius 2 is 2.12 bits per heavy atom. The summed E-state index contributed by atoms with van der Waals surface area (Å²) in [4.78, 5) is 2.38. The van der Waals surface area contributed by atoms with Crippen LogP contribution in [0.15, 0.2) is 0 Å². The van der Waals surface area contributed by atoms with Gasteiger partial charge in [-0.15, -0.1) is 0 Å². The van der Waals surface area contributed by atoms with Crippen LogP contribution in [0.4, 0.5) is 0 Å². The monoisotopic (exact) mass is 244 g/mol. The van der Waals surface area contributed by atoms with Gasteiger partial charge in [-0.25, -0.2) is 0 Å². The van der Waals surface area contributed by atoms with Gasteiger partial charge in [-0.1, -0.05) is 20.3 Å². The van der Waals surface area contributed by atoms with Crippen LogP contribution < -0.4 is 5.32 Å². The zero-order valence-corrected chi connectivity index (χ0v) is 11.3. The SMILES string of the molecule is CCCCOCC(O)CN(CCC)C1CNC1. The molecule has 1 unspecified atom stereocenters. The van der Waals surface area contributed by atoms with E-state index in [1.54, 1.807) is 0 Å². The lowest BCUT2D eigenvalue weighted by molar-refractivity contribution is 0.00213. The van der Waals surface area contributed by atoms with Crippen molar-refractivity contribution in [2.45, 2.75) is 45.3 Å². The van der Waals surface area contributed by atoms with Gasteiger partial charge in [0.15, 0.2) is 0 Å². The molecule has 4 nitrogen and oxygen atoms in total. The molecule has 0 radical (unpaired) electrons. The summed E-state index contributed by atoms with van der Waals surface area (Å²) < 4.78 is 5.45. The molecule has 0 aromatic heterocycles. The molecule has 2 N–H and O–H groups in total. The number of ether oxygens (including phenoxy) is 1. The van der Waals surface area contributed by atoms with E-state index in [4.69, 9.17) is 4.74 Å². The summed E-state index contributed by atoms with van der Waals surface area (Å²) in [7, 11) is 0. The molecule has 0 aliphatic carbocycles. The van der Waals surface area contributed by atoms with Crippen molar-refractivity contribution < 1.29 is 9.84 Å². The van der Waals surface area contributed by atoms with Gasteiger partial charge in [-0.2, -0.15) is 0 Å². The van der Waals surface area contributed by atoms with Crippen LogP contribution in [0, 0.1) is 0 Å². The van der Waals surface area contributed by atoms with Crippen LogP contribution in [-0.2, 0) is 4.74 Å². The Balaban J connectivity index is 2.14. The van der Waals surface area contributed by atoms with Crippen molar-refractivity contribution in [3.05, 3.63) is 0 Å². The maximum absolute atomic E-state index is 9.93. The highest BCUT2D eigenvalue weighted by Crippen LogP contribution is 2.07. The highest BCUT2D eigenvalue weighted by Gasteiger charge is 2.25. The van der Waals surface area contributed by atoms with Crippen molar-refractivity contribution in [3.63, 3.8) is 0 Å². The zero-order valence-electron chi connectivity index (χ0n) is 11.3. The van der Waals surface area contributed by atoms with Crippen molar-refractivity contribution in [2.75, 3.05) is 39.4 Å². The fraction of sp³-hybridized carbons (Fsp3) is 1.00. The predicted molar refractivity (Wildman–Crippen MR) is 70.3 cm³/mol. The molecule has 0 bridgehead atoms. The van der Waals surface area contributed by atoms with Crippen molar-refractivity contribution in [1.82, 2.24) is 10.2 Å². The molecule has 0 aromatic carbocycles. The first kappa shape index (κ1) is 14.9. The van der Waals surface area contributed by atoms with E-state index in [0.29, 0.717) is 12.6 Å². The van der Waals surface area contributed by atoms with Crippen molar-refractivity contribution >= 4 is 0 Å². The fourth-order valence-electron chi connectivity index (χ4n) is 2.03. The molecule has 1 aliphatic heterocycles. The summed E-state index contributed by atoms with van der Waals surface area (Å²) in [6, 6.07) is 0.611. The largest absolute Gasteiger partial charge is 0.389 e. The van der Waals surface area contributed by atoms with E-state index in [9.17, 15) is 5.11 Å². The zero-order chi connectivity index (χ0) is 12.5. The number of hydrogen-bond acceptors (Lipinski definition) is 4. The molecule has 0 aromatic rings. The van der Waals surface area contributed by atoms with Crippen LogP contribution in [-0.4, -0.2) is 61.5 Å². The smallest absolute Gasteiger partial charge is 0.0900 e. The topological polar surface area (TPSA) is 44.7 Å². The molecule has 0 spiro atoms. The Hall–Kier alpha value is -0.160. The number of nitrogens with one attached hydrogen (secondary N) is 1. The highest BCUT2D eigenvalue weighted by atomic mass is 16.5. The average Bonchev–Trinajstić information content (AvgIpc) is 2.22. The number of aliphatic hydroxyl groups excluding tert-OH is 1. The number of nitrogens with zero attached hydrogens (tertiary/aromatic N) is 1. The summed E-state index contributed by atoms with van der Waals surface area (Å²) in [6.45, 7) is 9.50. The van der Waals surface area contributed by atoms with Gasteiger partial charge in [0, 0.05) is 32.3 Å². The minimum Gasteiger partial charge on any atom is -0.389 e. The minimum absolute atomic E-state index is 0.348. The van der Waals surface area contributed by atoms with Crippen LogP contribution in [0.25, 0.3) is 0 Å². The van der Waals surface area contributed by atoms with Crippen molar-refractivity contribution in [2.24, 2.45) is 0 Å². The maximum atomic E-state index is 9.93. The van der Waals surface area contributed by atoms with Gasteiger partial charge in [-0.05, 0) is 19.4 Å². The normalized spacial score (nSPS) is 18.4. The first-order valence-corrected chi connectivity index (χ1v) is 6.98. The summed E-state index contributed by atoms with van der Waals surface area (Å²) in [6.07, 6.45) is 3.02. The van der Waals surface area contributed by atoms with E-state index < -0.39 is 0 Å². The lowest BCUT2D eigenvalue weighted by Crippen LogP contribution is -2.58. The third kappa shape index (κ3) is 5.82. The van der Waals surface area contributed by atoms with E-state index in [-0.39, 0.29) is 6.10 Å². The molecule has 1 fully saturated rings. The Morgan fingerprint density at radius 3 is 2.65 bits per heavy atom. The number of hydrogen-bond donors (Lipinski definition) is 2. The van der Waals surface area contributed by atoms with E-state index in [0.717, 1.165) is 52.0 Å². The first-order valence-electron chi connectivity index (χ1n) is 6.98. The average molecular weight is 244 g/mol. The van der Waals surface area contributed by atoms with E-state index >= 15 is 0 Å². The number of aliphatic hydroxyl groups is 1. The highest BCUT2D eigenvalue weighted by molar-refractivity contribution is 4.85. The molecule has 1 atom stereocenters. The second-order valence-corrected chi connectivity index (χ2v) is 4.89. The Bertz CT molecular complexity index is 186. The van der Waals surface area contributed by atoms with Gasteiger partial charge in [0.25, 0.3) is 0 Å². The Labute approximate surface area is 105 Å². The molecular weight excluding hydrogens is 216 g/mol. The molecule has 17 heavy (non-hydrogen) atoms. The molecule has 102 valence electrons. The summed E-state index contributed by atoms with van der Waals surface area (Å²) >= 11 is 0. The van der Waals surface area contributed by atoms with Crippen molar-refractivity contribution in [3.8, 4) is 0 Å². The van der Waals surface area contributed by atoms with E-state index in [1.807, 2.05) is 0 Å². The van der Waals surface area contributed by atoms with Gasteiger partial charge >= 0.3 is 0 Å². The van der Waals surface area contributed by atoms with Crippen LogP contribution in [0.3, 0.4) is 0 Å². The fourth-order valence-corrected chi connectivity index (χ4v) is 2.03. The van der Waals surface area contributed by atoms with Crippen LogP contribution >= 0.6 is 0 Å². The quantitative estimate of drug-likeness (QED) is 0.559. The van der Waals surface area contributed by atoms with Gasteiger partial charge in [-0.3, -0.25) is 4.90 Å². The molecule has 0 saturated carbocycles. The number of unbranched alkanes of at least 4 members (excludes halogenated alkanes) is 1. The Kier molecular flexibility index (Phi) is 7.77. The lowest BCUT2D eigenvalue weighted by atomic mass is 10.1. The molecular formula is C13H28N2O2. The Morgan fingerprint density at radius 1 is 1.35 bits per heavy atom. The lowest BCUT2D eigenvalue weighted by Gasteiger charge is -2.39. The maximum Gasteiger partial charge on any atom is 0.0900 e. The minimum atomic E-state index is -0.348. The summed E-state index contributed by atoms with van der Waals surface area (Å²) in [5.74, 6) is 0. The second-order valence-electron chi connectivity index (χ2n) is 4.89. The van der Waals surface area contributed by atoms with Gasteiger partial charge in [0.05, 0.1) is 12.7 Å². The van der Waals surface area contributed by atoms with Crippen LogP contribution in [0.1, 0.15) is 33.1 Å². The molecule has 0 amide bonds. The van der Waals surface area contributed by atoms with Gasteiger partial charge < -0.3 is 15.2 Å². The van der Waals surface area contributed by atoms with E-state index in [2.05, 4.69) is 24.1 Å². The van der Waals surface area contributed by atoms with Gasteiger partial charge in [0.2, 0.25) is 0 Å². The summed E-state index contributed by atoms with van der Waals surface area (Å²) in [5.41, 5.74) is 0. The molecule has 4 heteroatoms. The van der Waals surface area contributed by atoms with Crippen LogP contribution in [0.2, 0.25) is 0 Å². The molecule has 1 heterocycles. The van der Waals surface area contributed by atoms with Gasteiger partial charge in [0.1, 0.15) is 0 Å². The predicted octanol–water partition coefficient (Wildman–Crippen LogP) is 0.848. The third-order valence-corrected chi connectivity index (χ3v) is 3.18. The molecule has 1 aliphatic rings. The second kappa shape index (κ2) is 8.86. The third-order valence-electron chi connectivity index (χ3n) is 3.18. The first-order chi connectivity index (χ1) is 8.27. The number of rotatable bonds is 10. The molecule has 1 rings (SSSR count). The standard InChI is InChI=1S/C13H28N2O2/c1-3-5-7-17-11-13(16)10-15(6-4-2)12-8-14-9-12/h12-14,16H,3-11H2,1-2H3. The van der Waals surface area contributed by atoms with Crippen molar-refractivity contribution in [1.29, 1.82) is 0 Å². The van der Waals surface area contributed by atoms with E-state index in [1.165, 1.54) is 0 Å². The molecule has 1 saturated heterocycles. The summed E-state index contributed by atoms with van der Waals surface area (Å²) in [5, 5.41) is 13.2. The van der Waals surface area contributed by atoms with Crippen LogP contribution in [0.5, 0.6) is 0 Å².